The molecule has 0 spiro atoms. The molecule has 0 atom stereocenters. The van der Waals surface area contributed by atoms with E-state index in [-0.39, 0.29) is 4.90 Å². The number of sulfonamides is 1. The third kappa shape index (κ3) is 3.32. The zero-order valence-electron chi connectivity index (χ0n) is 10.3. The number of benzene rings is 2. The van der Waals surface area contributed by atoms with Gasteiger partial charge in [-0.1, -0.05) is 29.8 Å². The Labute approximate surface area is 131 Å². The normalized spacial score (nSPS) is 11.3. The van der Waals surface area contributed by atoms with Gasteiger partial charge in [-0.3, -0.25) is 4.72 Å². The van der Waals surface area contributed by atoms with Crippen LogP contribution in [0.1, 0.15) is 5.56 Å². The first-order valence-electron chi connectivity index (χ1n) is 5.70. The van der Waals surface area contributed by atoms with Crippen molar-refractivity contribution in [3.05, 3.63) is 57.5 Å². The zero-order valence-corrected chi connectivity index (χ0v) is 13.5. The first-order chi connectivity index (χ1) is 9.44. The minimum Gasteiger partial charge on any atom is -0.326 e. The molecule has 0 aliphatic rings. The van der Waals surface area contributed by atoms with Crippen LogP contribution in [-0.4, -0.2) is 8.42 Å². The molecule has 2 aromatic carbocycles. The lowest BCUT2D eigenvalue weighted by molar-refractivity contribution is 0.601. The van der Waals surface area contributed by atoms with E-state index in [0.29, 0.717) is 21.7 Å². The highest BCUT2D eigenvalue weighted by Crippen LogP contribution is 2.31. The summed E-state index contributed by atoms with van der Waals surface area (Å²) in [7, 11) is -3.66. The number of nitrogens with one attached hydrogen (secondary N) is 1. The molecule has 0 aliphatic carbocycles. The van der Waals surface area contributed by atoms with Crippen LogP contribution < -0.4 is 10.5 Å². The largest absolute Gasteiger partial charge is 0.326 e. The molecule has 4 nitrogen and oxygen atoms in total. The minimum atomic E-state index is -3.66. The molecule has 20 heavy (non-hydrogen) atoms. The number of nitrogens with two attached hydrogens (primary N) is 1. The second-order valence-electron chi connectivity index (χ2n) is 4.05. The summed E-state index contributed by atoms with van der Waals surface area (Å²) < 4.78 is 27.5. The topological polar surface area (TPSA) is 72.2 Å². The summed E-state index contributed by atoms with van der Waals surface area (Å²) in [5.74, 6) is 0. The fourth-order valence-electron chi connectivity index (χ4n) is 1.59. The fourth-order valence-corrected chi connectivity index (χ4v) is 3.33. The van der Waals surface area contributed by atoms with Crippen LogP contribution in [0, 0.1) is 0 Å². The van der Waals surface area contributed by atoms with Gasteiger partial charge in [0.2, 0.25) is 0 Å². The maximum atomic E-state index is 12.3. The second kappa shape index (κ2) is 6.13. The number of hydrogen-bond acceptors (Lipinski definition) is 3. The molecule has 0 aliphatic heterocycles. The summed E-state index contributed by atoms with van der Waals surface area (Å²) in [4.78, 5) is 0.168. The highest BCUT2D eigenvalue weighted by atomic mass is 79.9. The second-order valence-corrected chi connectivity index (χ2v) is 6.94. The average Bonchev–Trinajstić information content (AvgIpc) is 2.44. The maximum absolute atomic E-state index is 12.3. The number of anilines is 1. The molecule has 0 unspecified atom stereocenters. The molecule has 0 radical (unpaired) electrons. The standard InChI is InChI=1S/C13H12BrClN2O2S/c14-13-11(15)2-1-3-12(13)17-20(18,19)10-6-4-9(8-16)5-7-10/h1-7,17H,8,16H2. The van der Waals surface area contributed by atoms with Gasteiger partial charge < -0.3 is 5.73 Å². The van der Waals surface area contributed by atoms with Gasteiger partial charge in [-0.2, -0.15) is 0 Å². The van der Waals surface area contributed by atoms with Crippen molar-refractivity contribution in [1.29, 1.82) is 0 Å². The smallest absolute Gasteiger partial charge is 0.261 e. The van der Waals surface area contributed by atoms with Crippen LogP contribution in [0.4, 0.5) is 5.69 Å². The highest BCUT2D eigenvalue weighted by molar-refractivity contribution is 9.10. The predicted octanol–water partition coefficient (Wildman–Crippen LogP) is 3.36. The van der Waals surface area contributed by atoms with Crippen molar-refractivity contribution in [3.8, 4) is 0 Å². The Morgan fingerprint density at radius 3 is 2.40 bits per heavy atom. The molecule has 2 rings (SSSR count). The molecule has 0 saturated carbocycles. The number of rotatable bonds is 4. The van der Waals surface area contributed by atoms with E-state index in [1.165, 1.54) is 12.1 Å². The molecule has 0 heterocycles. The van der Waals surface area contributed by atoms with Crippen molar-refractivity contribution in [2.75, 3.05) is 4.72 Å². The van der Waals surface area contributed by atoms with Gasteiger partial charge in [0.15, 0.2) is 0 Å². The molecule has 0 fully saturated rings. The number of halogens is 2. The molecule has 3 N–H and O–H groups in total. The van der Waals surface area contributed by atoms with Gasteiger partial charge in [-0.25, -0.2) is 8.42 Å². The van der Waals surface area contributed by atoms with Crippen LogP contribution >= 0.6 is 27.5 Å². The van der Waals surface area contributed by atoms with Gasteiger partial charge in [-0.05, 0) is 45.8 Å². The van der Waals surface area contributed by atoms with E-state index < -0.39 is 10.0 Å². The van der Waals surface area contributed by atoms with Crippen molar-refractivity contribution >= 4 is 43.2 Å². The Bertz CT molecular complexity index is 718. The summed E-state index contributed by atoms with van der Waals surface area (Å²) in [5, 5.41) is 0.434. The molecule has 7 heteroatoms. The van der Waals surface area contributed by atoms with E-state index in [9.17, 15) is 8.42 Å². The van der Waals surface area contributed by atoms with E-state index in [1.807, 2.05) is 0 Å². The summed E-state index contributed by atoms with van der Waals surface area (Å²) in [6, 6.07) is 11.4. The van der Waals surface area contributed by atoms with Gasteiger partial charge in [0.25, 0.3) is 10.0 Å². The Morgan fingerprint density at radius 1 is 1.15 bits per heavy atom. The van der Waals surface area contributed by atoms with Crippen LogP contribution in [0.15, 0.2) is 51.8 Å². The Balaban J connectivity index is 2.33. The van der Waals surface area contributed by atoms with E-state index in [2.05, 4.69) is 20.7 Å². The van der Waals surface area contributed by atoms with E-state index in [1.54, 1.807) is 30.3 Å². The Kier molecular flexibility index (Phi) is 4.70. The summed E-state index contributed by atoms with van der Waals surface area (Å²) in [6.07, 6.45) is 0. The lowest BCUT2D eigenvalue weighted by Gasteiger charge is -2.10. The van der Waals surface area contributed by atoms with Gasteiger partial charge >= 0.3 is 0 Å². The third-order valence-electron chi connectivity index (χ3n) is 2.67. The van der Waals surface area contributed by atoms with Gasteiger partial charge in [0.1, 0.15) is 0 Å². The number of hydrogen-bond donors (Lipinski definition) is 2. The predicted molar refractivity (Wildman–Crippen MR) is 84.3 cm³/mol. The van der Waals surface area contributed by atoms with Crippen LogP contribution in [0.3, 0.4) is 0 Å². The summed E-state index contributed by atoms with van der Waals surface area (Å²) >= 11 is 9.19. The molecule has 2 aromatic rings. The highest BCUT2D eigenvalue weighted by Gasteiger charge is 2.16. The van der Waals surface area contributed by atoms with Crippen molar-refractivity contribution in [3.63, 3.8) is 0 Å². The molecule has 0 aromatic heterocycles. The third-order valence-corrected chi connectivity index (χ3v) is 5.44. The van der Waals surface area contributed by atoms with Gasteiger partial charge in [-0.15, -0.1) is 0 Å². The van der Waals surface area contributed by atoms with Gasteiger partial charge in [0, 0.05) is 6.54 Å². The van der Waals surface area contributed by atoms with Crippen LogP contribution in [0.25, 0.3) is 0 Å². The van der Waals surface area contributed by atoms with Crippen LogP contribution in [-0.2, 0) is 16.6 Å². The monoisotopic (exact) mass is 374 g/mol. The first-order valence-corrected chi connectivity index (χ1v) is 8.35. The zero-order chi connectivity index (χ0) is 14.8. The summed E-state index contributed by atoms with van der Waals surface area (Å²) in [5.41, 5.74) is 6.74. The van der Waals surface area contributed by atoms with Crippen LogP contribution in [0.5, 0.6) is 0 Å². The summed E-state index contributed by atoms with van der Waals surface area (Å²) in [6.45, 7) is 0.369. The van der Waals surface area contributed by atoms with Crippen LogP contribution in [0.2, 0.25) is 5.02 Å². The van der Waals surface area contributed by atoms with E-state index in [0.717, 1.165) is 5.56 Å². The van der Waals surface area contributed by atoms with Crippen molar-refractivity contribution < 1.29 is 8.42 Å². The molecular weight excluding hydrogens is 364 g/mol. The molecule has 0 saturated heterocycles. The Morgan fingerprint density at radius 2 is 1.80 bits per heavy atom. The van der Waals surface area contributed by atoms with Crippen molar-refractivity contribution in [1.82, 2.24) is 0 Å². The van der Waals surface area contributed by atoms with E-state index >= 15 is 0 Å². The van der Waals surface area contributed by atoms with Crippen molar-refractivity contribution in [2.45, 2.75) is 11.4 Å². The van der Waals surface area contributed by atoms with Crippen molar-refractivity contribution in [2.24, 2.45) is 5.73 Å². The SMILES string of the molecule is NCc1ccc(S(=O)(=O)Nc2cccc(Cl)c2Br)cc1. The lowest BCUT2D eigenvalue weighted by Crippen LogP contribution is -2.13. The maximum Gasteiger partial charge on any atom is 0.261 e. The quantitative estimate of drug-likeness (QED) is 0.860. The molecular formula is C13H12BrClN2O2S. The Hall–Kier alpha value is -1.08. The first kappa shape index (κ1) is 15.3. The fraction of sp³-hybridized carbons (Fsp3) is 0.0769. The lowest BCUT2D eigenvalue weighted by atomic mass is 10.2. The molecule has 0 amide bonds. The average molecular weight is 376 g/mol. The molecule has 106 valence electrons. The van der Waals surface area contributed by atoms with E-state index in [4.69, 9.17) is 17.3 Å². The molecule has 0 bridgehead atoms. The minimum absolute atomic E-state index is 0.168. The van der Waals surface area contributed by atoms with Gasteiger partial charge in [0.05, 0.1) is 20.1 Å².